The summed E-state index contributed by atoms with van der Waals surface area (Å²) >= 11 is 6.06. The molecule has 0 spiro atoms. The van der Waals surface area contributed by atoms with E-state index in [9.17, 15) is 9.59 Å². The van der Waals surface area contributed by atoms with Crippen LogP contribution in [0.4, 0.5) is 11.6 Å². The average molecular weight is 519 g/mol. The lowest BCUT2D eigenvalue weighted by molar-refractivity contribution is -0.130. The van der Waals surface area contributed by atoms with E-state index in [1.165, 1.54) is 6.92 Å². The van der Waals surface area contributed by atoms with E-state index in [1.807, 2.05) is 77.7 Å². The van der Waals surface area contributed by atoms with Crippen molar-refractivity contribution in [1.29, 1.82) is 0 Å². The Bertz CT molecular complexity index is 1230. The lowest BCUT2D eigenvalue weighted by atomic mass is 10.2. The van der Waals surface area contributed by atoms with Crippen LogP contribution in [0.15, 0.2) is 66.7 Å². The van der Waals surface area contributed by atoms with Crippen LogP contribution in [0.2, 0.25) is 5.02 Å². The molecule has 2 heterocycles. The molecule has 9 heteroatoms. The number of carbonyl (C=O) groups excluding carboxylic acids is 2. The normalized spacial score (nSPS) is 13.6. The number of nitrogens with zero attached hydrogens (tertiary/aromatic N) is 4. The van der Waals surface area contributed by atoms with E-state index in [0.717, 1.165) is 16.9 Å². The van der Waals surface area contributed by atoms with Crippen molar-refractivity contribution in [3.05, 3.63) is 77.3 Å². The fourth-order valence-electron chi connectivity index (χ4n) is 4.02. The highest BCUT2D eigenvalue weighted by Gasteiger charge is 2.22. The van der Waals surface area contributed by atoms with Crippen molar-refractivity contribution in [2.45, 2.75) is 13.3 Å². The molecule has 4 rings (SSSR count). The summed E-state index contributed by atoms with van der Waals surface area (Å²) in [6.07, 6.45) is 4.28. The number of aromatic nitrogens is 2. The van der Waals surface area contributed by atoms with Crippen LogP contribution in [-0.2, 0) is 9.59 Å². The first kappa shape index (κ1) is 26.2. The number of amides is 2. The highest BCUT2D eigenvalue weighted by Crippen LogP contribution is 2.25. The van der Waals surface area contributed by atoms with Crippen molar-refractivity contribution in [2.24, 2.45) is 0 Å². The summed E-state index contributed by atoms with van der Waals surface area (Å²) < 4.78 is 0. The third-order valence-corrected chi connectivity index (χ3v) is 6.23. The fraction of sp³-hybridized carbons (Fsp3) is 0.286. The number of benzene rings is 2. The van der Waals surface area contributed by atoms with Crippen LogP contribution >= 0.6 is 11.6 Å². The van der Waals surface area contributed by atoms with E-state index >= 15 is 0 Å². The first-order valence-corrected chi connectivity index (χ1v) is 12.7. The summed E-state index contributed by atoms with van der Waals surface area (Å²) in [5.41, 5.74) is 1.94. The molecule has 8 nitrogen and oxygen atoms in total. The number of hydrogen-bond donors (Lipinski definition) is 2. The van der Waals surface area contributed by atoms with Gasteiger partial charge in [0.15, 0.2) is 5.82 Å². The molecule has 1 fully saturated rings. The highest BCUT2D eigenvalue weighted by molar-refractivity contribution is 6.30. The van der Waals surface area contributed by atoms with Crippen molar-refractivity contribution in [3.63, 3.8) is 0 Å². The molecular formula is C28H31ClN6O2. The lowest BCUT2D eigenvalue weighted by Crippen LogP contribution is -2.49. The van der Waals surface area contributed by atoms with Crippen molar-refractivity contribution in [3.8, 4) is 11.4 Å². The molecule has 0 aliphatic carbocycles. The third-order valence-electron chi connectivity index (χ3n) is 5.98. The molecule has 0 radical (unpaired) electrons. The second-order valence-corrected chi connectivity index (χ2v) is 9.17. The quantitative estimate of drug-likeness (QED) is 0.414. The minimum atomic E-state index is -0.0741. The van der Waals surface area contributed by atoms with Crippen LogP contribution in [0.1, 0.15) is 18.9 Å². The number of halogens is 1. The van der Waals surface area contributed by atoms with Gasteiger partial charge in [-0.15, -0.1) is 0 Å². The molecule has 2 aromatic carbocycles. The summed E-state index contributed by atoms with van der Waals surface area (Å²) in [4.78, 5) is 37.4. The van der Waals surface area contributed by atoms with Gasteiger partial charge in [0.05, 0.1) is 0 Å². The maximum atomic E-state index is 12.7. The highest BCUT2D eigenvalue weighted by atomic mass is 35.5. The van der Waals surface area contributed by atoms with Crippen LogP contribution in [0.5, 0.6) is 0 Å². The molecule has 2 N–H and O–H groups in total. The lowest BCUT2D eigenvalue weighted by Gasteiger charge is -2.35. The molecule has 192 valence electrons. The van der Waals surface area contributed by atoms with Gasteiger partial charge >= 0.3 is 0 Å². The molecule has 1 aliphatic rings. The largest absolute Gasteiger partial charge is 0.368 e. The number of hydrogen-bond acceptors (Lipinski definition) is 6. The van der Waals surface area contributed by atoms with Crippen LogP contribution < -0.4 is 15.5 Å². The first-order valence-electron chi connectivity index (χ1n) is 12.4. The maximum absolute atomic E-state index is 12.7. The zero-order valence-electron chi connectivity index (χ0n) is 20.9. The Hall–Kier alpha value is -3.91. The summed E-state index contributed by atoms with van der Waals surface area (Å²) in [6.45, 7) is 5.13. The molecular weight excluding hydrogens is 488 g/mol. The third kappa shape index (κ3) is 7.79. The van der Waals surface area contributed by atoms with E-state index in [1.54, 1.807) is 0 Å². The number of carbonyl (C=O) groups is 2. The smallest absolute Gasteiger partial charge is 0.226 e. The molecule has 2 amide bonds. The number of anilines is 2. The molecule has 0 atom stereocenters. The topological polar surface area (TPSA) is 90.5 Å². The van der Waals surface area contributed by atoms with E-state index in [2.05, 4.69) is 20.5 Å². The predicted octanol–water partition coefficient (Wildman–Crippen LogP) is 4.10. The zero-order valence-corrected chi connectivity index (χ0v) is 21.6. The van der Waals surface area contributed by atoms with Crippen LogP contribution in [-0.4, -0.2) is 66.0 Å². The first-order chi connectivity index (χ1) is 18.0. The van der Waals surface area contributed by atoms with Gasteiger partial charge in [-0.1, -0.05) is 54.1 Å². The van der Waals surface area contributed by atoms with Crippen molar-refractivity contribution >= 4 is 41.1 Å². The van der Waals surface area contributed by atoms with Gasteiger partial charge in [-0.05, 0) is 29.8 Å². The Morgan fingerprint density at radius 2 is 1.70 bits per heavy atom. The molecule has 37 heavy (non-hydrogen) atoms. The van der Waals surface area contributed by atoms with E-state index in [-0.39, 0.29) is 11.8 Å². The Balaban J connectivity index is 1.41. The van der Waals surface area contributed by atoms with E-state index in [0.29, 0.717) is 62.4 Å². The van der Waals surface area contributed by atoms with Gasteiger partial charge in [0.25, 0.3) is 0 Å². The van der Waals surface area contributed by atoms with Crippen molar-refractivity contribution in [1.82, 2.24) is 20.2 Å². The summed E-state index contributed by atoms with van der Waals surface area (Å²) in [5.74, 6) is 2.09. The second-order valence-electron chi connectivity index (χ2n) is 8.74. The predicted molar refractivity (Wildman–Crippen MR) is 149 cm³/mol. The standard InChI is InChI=1S/C28H31ClN6O2/c1-21(36)30-14-15-31-25-20-26(33-28(32-25)23-10-12-24(29)13-11-23)34-16-18-35(19-17-34)27(37)9-5-8-22-6-3-2-4-7-22/h2-8,10-13,20H,9,14-19H2,1H3,(H,30,36)(H,31,32,33). The monoisotopic (exact) mass is 518 g/mol. The SMILES string of the molecule is CC(=O)NCCNc1cc(N2CCN(C(=O)CC=Cc3ccccc3)CC2)nc(-c2ccc(Cl)cc2)n1. The maximum Gasteiger partial charge on any atom is 0.226 e. The van der Waals surface area contributed by atoms with E-state index in [4.69, 9.17) is 16.6 Å². The summed E-state index contributed by atoms with van der Waals surface area (Å²) in [5, 5.41) is 6.69. The fourth-order valence-corrected chi connectivity index (χ4v) is 4.14. The molecule has 0 saturated carbocycles. The van der Waals surface area contributed by atoms with Gasteiger partial charge in [0, 0.05) is 69.3 Å². The molecule has 0 unspecified atom stereocenters. The summed E-state index contributed by atoms with van der Waals surface area (Å²) in [6, 6.07) is 19.3. The van der Waals surface area contributed by atoms with Gasteiger partial charge in [0.1, 0.15) is 11.6 Å². The van der Waals surface area contributed by atoms with Crippen LogP contribution in [0, 0.1) is 0 Å². The van der Waals surface area contributed by atoms with Gasteiger partial charge in [0.2, 0.25) is 11.8 Å². The Kier molecular flexibility index (Phi) is 9.10. The van der Waals surface area contributed by atoms with Gasteiger partial charge in [-0.2, -0.15) is 0 Å². The molecule has 1 saturated heterocycles. The molecule has 0 bridgehead atoms. The molecule has 3 aromatic rings. The van der Waals surface area contributed by atoms with Gasteiger partial charge in [-0.3, -0.25) is 9.59 Å². The minimum absolute atomic E-state index is 0.0741. The van der Waals surface area contributed by atoms with E-state index < -0.39 is 0 Å². The minimum Gasteiger partial charge on any atom is -0.368 e. The zero-order chi connectivity index (χ0) is 26.0. The second kappa shape index (κ2) is 12.9. The molecule has 1 aromatic heterocycles. The van der Waals surface area contributed by atoms with Crippen LogP contribution in [0.25, 0.3) is 17.5 Å². The van der Waals surface area contributed by atoms with Crippen molar-refractivity contribution in [2.75, 3.05) is 49.5 Å². The van der Waals surface area contributed by atoms with Gasteiger partial charge in [-0.25, -0.2) is 9.97 Å². The Labute approximate surface area is 222 Å². The summed E-state index contributed by atoms with van der Waals surface area (Å²) in [7, 11) is 0. The van der Waals surface area contributed by atoms with Crippen molar-refractivity contribution < 1.29 is 9.59 Å². The number of nitrogens with one attached hydrogen (secondary N) is 2. The average Bonchev–Trinajstić information content (AvgIpc) is 2.92. The molecule has 1 aliphatic heterocycles. The number of piperazine rings is 1. The van der Waals surface area contributed by atoms with Gasteiger partial charge < -0.3 is 20.4 Å². The Morgan fingerprint density at radius 3 is 2.41 bits per heavy atom. The van der Waals surface area contributed by atoms with Crippen LogP contribution in [0.3, 0.4) is 0 Å². The number of rotatable bonds is 9. The Morgan fingerprint density at radius 1 is 0.973 bits per heavy atom.